The molecule has 0 fully saturated rings. The van der Waals surface area contributed by atoms with Crippen molar-refractivity contribution in [2.75, 3.05) is 6.61 Å². The number of esters is 1. The van der Waals surface area contributed by atoms with Crippen molar-refractivity contribution in [2.24, 2.45) is 0 Å². The summed E-state index contributed by atoms with van der Waals surface area (Å²) in [6, 6.07) is 5.11. The van der Waals surface area contributed by atoms with Crippen LogP contribution in [0.3, 0.4) is 0 Å². The third kappa shape index (κ3) is 3.33. The predicted molar refractivity (Wildman–Crippen MR) is 71.1 cm³/mol. The van der Waals surface area contributed by atoms with Gasteiger partial charge in [0.25, 0.3) is 0 Å². The molecule has 0 amide bonds. The van der Waals surface area contributed by atoms with Crippen molar-refractivity contribution in [3.05, 3.63) is 34.9 Å². The van der Waals surface area contributed by atoms with Gasteiger partial charge in [0, 0.05) is 0 Å². The van der Waals surface area contributed by atoms with Crippen LogP contribution >= 0.6 is 11.6 Å². The van der Waals surface area contributed by atoms with Gasteiger partial charge in [0.05, 0.1) is 12.2 Å². The molecule has 0 N–H and O–H groups in total. The Morgan fingerprint density at radius 2 is 2.00 bits per heavy atom. The summed E-state index contributed by atoms with van der Waals surface area (Å²) >= 11 is 6.05. The van der Waals surface area contributed by atoms with Crippen LogP contribution in [-0.4, -0.2) is 18.4 Å². The third-order valence-electron chi connectivity index (χ3n) is 2.66. The molecule has 3 nitrogen and oxygen atoms in total. The first-order chi connectivity index (χ1) is 8.51. The van der Waals surface area contributed by atoms with Crippen LogP contribution in [0.15, 0.2) is 18.2 Å². The standard InChI is InChI=1S/C14H17ClO3/c1-4-10-8-11(14(17)18-5-2)6-7-12(10)13(15)9(3)16/h6-8,13H,4-5H2,1-3H3. The fourth-order valence-electron chi connectivity index (χ4n) is 1.72. The molecular formula is C14H17ClO3. The van der Waals surface area contributed by atoms with E-state index in [4.69, 9.17) is 16.3 Å². The topological polar surface area (TPSA) is 43.4 Å². The summed E-state index contributed by atoms with van der Waals surface area (Å²) in [6.45, 7) is 5.51. The molecular weight excluding hydrogens is 252 g/mol. The van der Waals surface area contributed by atoms with Gasteiger partial charge in [0.15, 0.2) is 5.78 Å². The molecule has 0 heterocycles. The van der Waals surface area contributed by atoms with Crippen LogP contribution in [0.2, 0.25) is 0 Å². The second-order valence-electron chi connectivity index (χ2n) is 3.96. The number of benzene rings is 1. The monoisotopic (exact) mass is 268 g/mol. The average Bonchev–Trinajstić information content (AvgIpc) is 2.37. The van der Waals surface area contributed by atoms with Crippen LogP contribution in [-0.2, 0) is 16.0 Å². The van der Waals surface area contributed by atoms with Gasteiger partial charge in [-0.05, 0) is 43.5 Å². The van der Waals surface area contributed by atoms with Crippen LogP contribution in [0, 0.1) is 0 Å². The largest absolute Gasteiger partial charge is 0.462 e. The Morgan fingerprint density at radius 3 is 2.50 bits per heavy atom. The molecule has 0 spiro atoms. The zero-order valence-corrected chi connectivity index (χ0v) is 11.6. The van der Waals surface area contributed by atoms with E-state index < -0.39 is 5.38 Å². The Morgan fingerprint density at radius 1 is 1.33 bits per heavy atom. The quantitative estimate of drug-likeness (QED) is 0.608. The molecule has 1 rings (SSSR count). The Hall–Kier alpha value is -1.35. The fraction of sp³-hybridized carbons (Fsp3) is 0.429. The van der Waals surface area contributed by atoms with Crippen molar-refractivity contribution in [1.82, 2.24) is 0 Å². The Kier molecular flexibility index (Phi) is 5.35. The van der Waals surface area contributed by atoms with Crippen molar-refractivity contribution >= 4 is 23.4 Å². The number of carbonyl (C=O) groups is 2. The number of rotatable bonds is 5. The molecule has 1 aromatic rings. The molecule has 0 radical (unpaired) electrons. The first-order valence-corrected chi connectivity index (χ1v) is 6.39. The summed E-state index contributed by atoms with van der Waals surface area (Å²) in [4.78, 5) is 22.9. The molecule has 1 unspecified atom stereocenters. The van der Waals surface area contributed by atoms with Gasteiger partial charge < -0.3 is 4.74 Å². The normalized spacial score (nSPS) is 12.0. The minimum Gasteiger partial charge on any atom is -0.462 e. The van der Waals surface area contributed by atoms with Crippen molar-refractivity contribution < 1.29 is 14.3 Å². The van der Waals surface area contributed by atoms with Crippen LogP contribution < -0.4 is 0 Å². The Bertz CT molecular complexity index is 454. The van der Waals surface area contributed by atoms with Crippen LogP contribution in [0.5, 0.6) is 0 Å². The van der Waals surface area contributed by atoms with E-state index in [0.29, 0.717) is 18.6 Å². The van der Waals surface area contributed by atoms with Crippen molar-refractivity contribution in [1.29, 1.82) is 0 Å². The van der Waals surface area contributed by atoms with Crippen molar-refractivity contribution in [3.63, 3.8) is 0 Å². The zero-order valence-electron chi connectivity index (χ0n) is 10.8. The molecule has 0 aliphatic carbocycles. The zero-order chi connectivity index (χ0) is 13.7. The number of ketones is 1. The van der Waals surface area contributed by atoms with E-state index in [0.717, 1.165) is 11.1 Å². The number of carbonyl (C=O) groups excluding carboxylic acids is 2. The van der Waals surface area contributed by atoms with E-state index in [-0.39, 0.29) is 11.8 Å². The molecule has 1 aromatic carbocycles. The van der Waals surface area contributed by atoms with Crippen LogP contribution in [0.1, 0.15) is 47.6 Å². The summed E-state index contributed by atoms with van der Waals surface area (Å²) in [5.41, 5.74) is 2.15. The summed E-state index contributed by atoms with van der Waals surface area (Å²) in [5.74, 6) is -0.456. The number of aryl methyl sites for hydroxylation is 1. The number of Topliss-reactive ketones (excluding diaryl/α,β-unsaturated/α-hetero) is 1. The number of halogens is 1. The lowest BCUT2D eigenvalue weighted by molar-refractivity contribution is -0.116. The summed E-state index contributed by atoms with van der Waals surface area (Å²) in [5, 5.41) is -0.656. The molecule has 0 aliphatic rings. The van der Waals surface area contributed by atoms with Gasteiger partial charge in [0.1, 0.15) is 5.38 Å². The highest BCUT2D eigenvalue weighted by molar-refractivity contribution is 6.30. The summed E-state index contributed by atoms with van der Waals surface area (Å²) < 4.78 is 4.94. The summed E-state index contributed by atoms with van der Waals surface area (Å²) in [7, 11) is 0. The van der Waals surface area contributed by atoms with Gasteiger partial charge in [-0.2, -0.15) is 0 Å². The fourth-order valence-corrected chi connectivity index (χ4v) is 1.93. The Balaban J connectivity index is 3.11. The van der Waals surface area contributed by atoms with Gasteiger partial charge in [0.2, 0.25) is 0 Å². The SMILES string of the molecule is CCOC(=O)c1ccc(C(Cl)C(C)=O)c(CC)c1. The maximum Gasteiger partial charge on any atom is 0.338 e. The van der Waals surface area contributed by atoms with Gasteiger partial charge in [-0.1, -0.05) is 13.0 Å². The van der Waals surface area contributed by atoms with E-state index in [9.17, 15) is 9.59 Å². The lowest BCUT2D eigenvalue weighted by Crippen LogP contribution is -2.09. The predicted octanol–water partition coefficient (Wildman–Crippen LogP) is 3.29. The minimum absolute atomic E-state index is 0.102. The van der Waals surface area contributed by atoms with E-state index in [2.05, 4.69) is 0 Å². The van der Waals surface area contributed by atoms with E-state index in [1.165, 1.54) is 6.92 Å². The van der Waals surface area contributed by atoms with Gasteiger partial charge >= 0.3 is 5.97 Å². The molecule has 0 aliphatic heterocycles. The van der Waals surface area contributed by atoms with Crippen molar-refractivity contribution in [2.45, 2.75) is 32.6 Å². The first-order valence-electron chi connectivity index (χ1n) is 5.95. The van der Waals surface area contributed by atoms with E-state index in [1.54, 1.807) is 25.1 Å². The molecule has 0 bridgehead atoms. The highest BCUT2D eigenvalue weighted by Crippen LogP contribution is 2.26. The molecule has 4 heteroatoms. The third-order valence-corrected chi connectivity index (χ3v) is 3.21. The summed E-state index contributed by atoms with van der Waals surface area (Å²) in [6.07, 6.45) is 0.707. The number of ether oxygens (including phenoxy) is 1. The molecule has 0 aromatic heterocycles. The Labute approximate surface area is 112 Å². The lowest BCUT2D eigenvalue weighted by Gasteiger charge is -2.13. The highest BCUT2D eigenvalue weighted by atomic mass is 35.5. The molecule has 18 heavy (non-hydrogen) atoms. The van der Waals surface area contributed by atoms with Gasteiger partial charge in [-0.25, -0.2) is 4.79 Å². The average molecular weight is 269 g/mol. The van der Waals surface area contributed by atoms with Crippen LogP contribution in [0.4, 0.5) is 0 Å². The molecule has 1 atom stereocenters. The highest BCUT2D eigenvalue weighted by Gasteiger charge is 2.18. The lowest BCUT2D eigenvalue weighted by atomic mass is 9.98. The number of hydrogen-bond donors (Lipinski definition) is 0. The van der Waals surface area contributed by atoms with Gasteiger partial charge in [-0.15, -0.1) is 11.6 Å². The van der Waals surface area contributed by atoms with E-state index in [1.807, 2.05) is 6.92 Å². The van der Waals surface area contributed by atoms with Crippen molar-refractivity contribution in [3.8, 4) is 0 Å². The molecule has 0 saturated carbocycles. The second kappa shape index (κ2) is 6.55. The van der Waals surface area contributed by atoms with Gasteiger partial charge in [-0.3, -0.25) is 4.79 Å². The first kappa shape index (κ1) is 14.7. The smallest absolute Gasteiger partial charge is 0.338 e. The second-order valence-corrected chi connectivity index (χ2v) is 4.40. The number of hydrogen-bond acceptors (Lipinski definition) is 3. The number of alkyl halides is 1. The van der Waals surface area contributed by atoms with E-state index >= 15 is 0 Å². The minimum atomic E-state index is -0.656. The maximum atomic E-state index is 11.6. The molecule has 0 saturated heterocycles. The van der Waals surface area contributed by atoms with Crippen LogP contribution in [0.25, 0.3) is 0 Å². The molecule has 98 valence electrons. The maximum absolute atomic E-state index is 11.6.